The first-order valence-corrected chi connectivity index (χ1v) is 11.7. The number of fused-ring (bicyclic) bond motifs is 1. The second-order valence-electron chi connectivity index (χ2n) is 8.69. The molecule has 2 fully saturated rings. The Kier molecular flexibility index (Phi) is 6.04. The van der Waals surface area contributed by atoms with Crippen LogP contribution in [0, 0.1) is 5.92 Å². The SMILES string of the molecule is O=C1NC2CCC(Cl)CC2C(c2ccccc2)C1Nc1ccc(Oc2ccccc2)cc1. The predicted octanol–water partition coefficient (Wildman–Crippen LogP) is 5.95. The van der Waals surface area contributed by atoms with E-state index in [0.717, 1.165) is 36.4 Å². The molecule has 1 saturated carbocycles. The van der Waals surface area contributed by atoms with E-state index >= 15 is 0 Å². The second kappa shape index (κ2) is 9.25. The topological polar surface area (TPSA) is 50.4 Å². The van der Waals surface area contributed by atoms with Crippen LogP contribution in [0.15, 0.2) is 84.9 Å². The van der Waals surface area contributed by atoms with Crippen LogP contribution in [-0.2, 0) is 4.79 Å². The summed E-state index contributed by atoms with van der Waals surface area (Å²) in [6, 6.07) is 27.7. The summed E-state index contributed by atoms with van der Waals surface area (Å²) in [5.74, 6) is 1.98. The van der Waals surface area contributed by atoms with E-state index in [4.69, 9.17) is 16.3 Å². The minimum atomic E-state index is -0.360. The highest BCUT2D eigenvalue weighted by atomic mass is 35.5. The standard InChI is InChI=1S/C27H27ClN2O2/c28-19-11-16-24-23(17-19)25(18-7-3-1-4-8-18)26(27(31)30-24)29-20-12-14-22(15-13-20)32-21-9-5-2-6-10-21/h1-10,12-15,19,23-26,29H,11,16-17H2,(H,30,31). The van der Waals surface area contributed by atoms with Crippen LogP contribution in [0.3, 0.4) is 0 Å². The number of alkyl halides is 1. The molecule has 3 aromatic carbocycles. The van der Waals surface area contributed by atoms with Crippen molar-refractivity contribution in [3.05, 3.63) is 90.5 Å². The van der Waals surface area contributed by atoms with Crippen LogP contribution < -0.4 is 15.4 Å². The molecule has 4 nitrogen and oxygen atoms in total. The number of amides is 1. The Hall–Kier alpha value is -2.98. The molecule has 5 atom stereocenters. The fraction of sp³-hybridized carbons (Fsp3) is 0.296. The molecule has 1 saturated heterocycles. The summed E-state index contributed by atoms with van der Waals surface area (Å²) in [5, 5.41) is 6.94. The zero-order valence-electron chi connectivity index (χ0n) is 17.8. The number of carbonyl (C=O) groups is 1. The van der Waals surface area contributed by atoms with Crippen molar-refractivity contribution < 1.29 is 9.53 Å². The number of nitrogens with one attached hydrogen (secondary N) is 2. The molecule has 1 amide bonds. The number of piperidine rings is 1. The van der Waals surface area contributed by atoms with E-state index in [1.807, 2.05) is 72.8 Å². The zero-order chi connectivity index (χ0) is 21.9. The quantitative estimate of drug-likeness (QED) is 0.476. The molecule has 1 heterocycles. The third-order valence-corrected chi connectivity index (χ3v) is 7.00. The van der Waals surface area contributed by atoms with E-state index in [2.05, 4.69) is 22.8 Å². The van der Waals surface area contributed by atoms with Crippen LogP contribution in [0.4, 0.5) is 5.69 Å². The van der Waals surface area contributed by atoms with Crippen molar-refractivity contribution in [2.45, 2.75) is 42.6 Å². The molecule has 1 aliphatic carbocycles. The lowest BCUT2D eigenvalue weighted by molar-refractivity contribution is -0.126. The van der Waals surface area contributed by atoms with Crippen LogP contribution in [0.25, 0.3) is 0 Å². The first-order chi connectivity index (χ1) is 15.7. The van der Waals surface area contributed by atoms with Gasteiger partial charge in [-0.05, 0) is 67.1 Å². The minimum Gasteiger partial charge on any atom is -0.457 e. The fourth-order valence-electron chi connectivity index (χ4n) is 5.10. The van der Waals surface area contributed by atoms with Gasteiger partial charge in [0, 0.05) is 23.0 Å². The average Bonchev–Trinajstić information content (AvgIpc) is 2.82. The number of halogens is 1. The van der Waals surface area contributed by atoms with Crippen LogP contribution in [0.2, 0.25) is 0 Å². The number of rotatable bonds is 5. The molecule has 5 rings (SSSR count). The molecule has 32 heavy (non-hydrogen) atoms. The maximum atomic E-state index is 13.2. The molecular weight excluding hydrogens is 420 g/mol. The van der Waals surface area contributed by atoms with Crippen LogP contribution >= 0.6 is 11.6 Å². The fourth-order valence-corrected chi connectivity index (χ4v) is 5.44. The van der Waals surface area contributed by atoms with E-state index in [0.29, 0.717) is 5.92 Å². The highest BCUT2D eigenvalue weighted by Crippen LogP contribution is 2.43. The van der Waals surface area contributed by atoms with Gasteiger partial charge in [0.2, 0.25) is 5.91 Å². The Morgan fingerprint density at radius 3 is 2.22 bits per heavy atom. The van der Waals surface area contributed by atoms with Crippen LogP contribution in [-0.4, -0.2) is 23.4 Å². The smallest absolute Gasteiger partial charge is 0.243 e. The van der Waals surface area contributed by atoms with E-state index in [1.165, 1.54) is 5.56 Å². The maximum Gasteiger partial charge on any atom is 0.243 e. The van der Waals surface area contributed by atoms with E-state index in [1.54, 1.807) is 0 Å². The van der Waals surface area contributed by atoms with Gasteiger partial charge in [0.1, 0.15) is 17.5 Å². The lowest BCUT2D eigenvalue weighted by atomic mass is 9.68. The number of ether oxygens (including phenoxy) is 1. The molecule has 0 radical (unpaired) electrons. The van der Waals surface area contributed by atoms with Crippen molar-refractivity contribution in [1.29, 1.82) is 0 Å². The summed E-state index contributed by atoms with van der Waals surface area (Å²) in [6.07, 6.45) is 2.80. The molecule has 0 aromatic heterocycles. The number of hydrogen-bond donors (Lipinski definition) is 2. The van der Waals surface area contributed by atoms with Crippen LogP contribution in [0.5, 0.6) is 11.5 Å². The molecule has 164 valence electrons. The van der Waals surface area contributed by atoms with Crippen LogP contribution in [0.1, 0.15) is 30.7 Å². The lowest BCUT2D eigenvalue weighted by Gasteiger charge is -2.47. The normalized spacial score (nSPS) is 27.2. The third-order valence-electron chi connectivity index (χ3n) is 6.61. The van der Waals surface area contributed by atoms with Gasteiger partial charge in [-0.2, -0.15) is 0 Å². The molecule has 3 aromatic rings. The van der Waals surface area contributed by atoms with E-state index < -0.39 is 0 Å². The summed E-state index contributed by atoms with van der Waals surface area (Å²) in [7, 11) is 0. The van der Waals surface area contributed by atoms with Gasteiger partial charge in [0.05, 0.1) is 0 Å². The van der Waals surface area contributed by atoms with Gasteiger partial charge >= 0.3 is 0 Å². The van der Waals surface area contributed by atoms with Crippen molar-refractivity contribution >= 4 is 23.2 Å². The summed E-state index contributed by atoms with van der Waals surface area (Å²) >= 11 is 6.57. The third kappa shape index (κ3) is 4.46. The van der Waals surface area contributed by atoms with Gasteiger partial charge in [0.25, 0.3) is 0 Å². The number of carbonyl (C=O) groups excluding carboxylic acids is 1. The molecule has 2 N–H and O–H groups in total. The molecule has 1 aliphatic heterocycles. The first-order valence-electron chi connectivity index (χ1n) is 11.3. The highest BCUT2D eigenvalue weighted by molar-refractivity contribution is 6.20. The Bertz CT molecular complexity index is 1040. The van der Waals surface area contributed by atoms with E-state index in [9.17, 15) is 4.79 Å². The van der Waals surface area contributed by atoms with Gasteiger partial charge in [0.15, 0.2) is 0 Å². The first kappa shape index (κ1) is 20.9. The van der Waals surface area contributed by atoms with Crippen molar-refractivity contribution in [3.8, 4) is 11.5 Å². The summed E-state index contributed by atoms with van der Waals surface area (Å²) in [4.78, 5) is 13.2. The second-order valence-corrected chi connectivity index (χ2v) is 9.30. The Balaban J connectivity index is 1.38. The predicted molar refractivity (Wildman–Crippen MR) is 128 cm³/mol. The van der Waals surface area contributed by atoms with Gasteiger partial charge in [-0.1, -0.05) is 48.5 Å². The highest BCUT2D eigenvalue weighted by Gasteiger charge is 2.46. The Morgan fingerprint density at radius 1 is 0.844 bits per heavy atom. The number of para-hydroxylation sites is 1. The minimum absolute atomic E-state index is 0.0535. The maximum absolute atomic E-state index is 13.2. The average molecular weight is 447 g/mol. The monoisotopic (exact) mass is 446 g/mol. The summed E-state index contributed by atoms with van der Waals surface area (Å²) < 4.78 is 5.90. The molecule has 5 heteroatoms. The Labute approximate surface area is 193 Å². The Morgan fingerprint density at radius 2 is 1.50 bits per heavy atom. The summed E-state index contributed by atoms with van der Waals surface area (Å²) in [6.45, 7) is 0. The van der Waals surface area contributed by atoms with Gasteiger partial charge in [-0.25, -0.2) is 0 Å². The van der Waals surface area contributed by atoms with E-state index in [-0.39, 0.29) is 29.3 Å². The molecule has 0 bridgehead atoms. The van der Waals surface area contributed by atoms with Gasteiger partial charge in [-0.15, -0.1) is 11.6 Å². The molecule has 5 unspecified atom stereocenters. The van der Waals surface area contributed by atoms with Crippen molar-refractivity contribution in [2.24, 2.45) is 5.92 Å². The van der Waals surface area contributed by atoms with Crippen molar-refractivity contribution in [3.63, 3.8) is 0 Å². The van der Waals surface area contributed by atoms with Gasteiger partial charge < -0.3 is 15.4 Å². The molecular formula is C27H27ClN2O2. The van der Waals surface area contributed by atoms with Gasteiger partial charge in [-0.3, -0.25) is 4.79 Å². The summed E-state index contributed by atoms with van der Waals surface area (Å²) in [5.41, 5.74) is 2.08. The molecule has 0 spiro atoms. The number of benzene rings is 3. The lowest BCUT2D eigenvalue weighted by Crippen LogP contribution is -2.60. The molecule has 2 aliphatic rings. The van der Waals surface area contributed by atoms with Crippen molar-refractivity contribution in [2.75, 3.05) is 5.32 Å². The van der Waals surface area contributed by atoms with Crippen molar-refractivity contribution in [1.82, 2.24) is 5.32 Å². The number of anilines is 1. The number of hydrogen-bond acceptors (Lipinski definition) is 3. The largest absolute Gasteiger partial charge is 0.457 e. The zero-order valence-corrected chi connectivity index (χ0v) is 18.5.